The van der Waals surface area contributed by atoms with Crippen LogP contribution in [-0.2, 0) is 10.2 Å². The minimum Gasteiger partial charge on any atom is -0.355 e. The van der Waals surface area contributed by atoms with Crippen LogP contribution < -0.4 is 5.32 Å². The van der Waals surface area contributed by atoms with Crippen LogP contribution in [0.4, 0.5) is 0 Å². The minimum absolute atomic E-state index is 0.0273. The molecule has 16 heavy (non-hydrogen) atoms. The maximum atomic E-state index is 11.5. The van der Waals surface area contributed by atoms with Crippen molar-refractivity contribution in [1.29, 1.82) is 0 Å². The summed E-state index contributed by atoms with van der Waals surface area (Å²) in [7, 11) is 0. The first-order valence-corrected chi connectivity index (χ1v) is 5.63. The first-order valence-electron chi connectivity index (χ1n) is 5.63. The third kappa shape index (κ3) is 3.33. The van der Waals surface area contributed by atoms with Gasteiger partial charge in [0.05, 0.1) is 0 Å². The van der Waals surface area contributed by atoms with Crippen molar-refractivity contribution in [3.8, 4) is 0 Å². The lowest BCUT2D eigenvalue weighted by atomic mass is 9.88. The summed E-state index contributed by atoms with van der Waals surface area (Å²) in [6.07, 6.45) is 1.78. The molecule has 3 nitrogen and oxygen atoms in total. The Morgan fingerprint density at radius 2 is 2.12 bits per heavy atom. The Morgan fingerprint density at radius 3 is 2.62 bits per heavy atom. The van der Waals surface area contributed by atoms with Crippen molar-refractivity contribution in [3.63, 3.8) is 0 Å². The van der Waals surface area contributed by atoms with E-state index >= 15 is 0 Å². The van der Waals surface area contributed by atoms with Crippen molar-refractivity contribution in [3.05, 3.63) is 30.1 Å². The molecule has 0 spiro atoms. The number of carbonyl (C=O) groups is 1. The van der Waals surface area contributed by atoms with E-state index in [1.54, 1.807) is 6.20 Å². The Morgan fingerprint density at radius 1 is 1.44 bits per heavy atom. The zero-order valence-corrected chi connectivity index (χ0v) is 10.4. The first-order chi connectivity index (χ1) is 7.43. The molecule has 0 saturated heterocycles. The number of carbonyl (C=O) groups excluding carboxylic acids is 1. The summed E-state index contributed by atoms with van der Waals surface area (Å²) in [5.74, 6) is 0.114. The Hall–Kier alpha value is -1.38. The van der Waals surface area contributed by atoms with Crippen LogP contribution in [-0.4, -0.2) is 17.4 Å². The number of nitrogens with zero attached hydrogens (tertiary/aromatic N) is 1. The summed E-state index contributed by atoms with van der Waals surface area (Å²) in [5.41, 5.74) is 0.866. The fourth-order valence-electron chi connectivity index (χ4n) is 1.37. The standard InChI is InChI=1S/C13H20N2O/c1-10(2)12(16)15-9-13(3,4)11-7-5-6-8-14-11/h5-8,10H,9H2,1-4H3,(H,15,16). The number of nitrogens with one attached hydrogen (secondary N) is 1. The highest BCUT2D eigenvalue weighted by molar-refractivity contribution is 5.77. The van der Waals surface area contributed by atoms with Crippen LogP contribution in [0.3, 0.4) is 0 Å². The van der Waals surface area contributed by atoms with Gasteiger partial charge in [0.1, 0.15) is 0 Å². The van der Waals surface area contributed by atoms with E-state index in [9.17, 15) is 4.79 Å². The van der Waals surface area contributed by atoms with Gasteiger partial charge in [0.2, 0.25) is 5.91 Å². The average molecular weight is 220 g/mol. The molecule has 0 radical (unpaired) electrons. The van der Waals surface area contributed by atoms with Gasteiger partial charge in [-0.3, -0.25) is 9.78 Å². The molecule has 0 aliphatic heterocycles. The van der Waals surface area contributed by atoms with E-state index in [0.717, 1.165) is 5.69 Å². The predicted molar refractivity (Wildman–Crippen MR) is 65.1 cm³/mol. The molecule has 0 aliphatic rings. The normalized spacial score (nSPS) is 11.6. The van der Waals surface area contributed by atoms with Gasteiger partial charge in [-0.05, 0) is 12.1 Å². The van der Waals surface area contributed by atoms with E-state index < -0.39 is 0 Å². The molecule has 1 rings (SSSR count). The molecule has 88 valence electrons. The molecular weight excluding hydrogens is 200 g/mol. The van der Waals surface area contributed by atoms with Gasteiger partial charge in [0.15, 0.2) is 0 Å². The van der Waals surface area contributed by atoms with Crippen LogP contribution in [0, 0.1) is 5.92 Å². The fraction of sp³-hybridized carbons (Fsp3) is 0.538. The summed E-state index contributed by atoms with van der Waals surface area (Å²) in [5, 5.41) is 2.94. The number of pyridine rings is 1. The van der Waals surface area contributed by atoms with Crippen LogP contribution in [0.5, 0.6) is 0 Å². The van der Waals surface area contributed by atoms with Gasteiger partial charge in [-0.1, -0.05) is 33.8 Å². The molecule has 3 heteroatoms. The Labute approximate surface area is 97.3 Å². The van der Waals surface area contributed by atoms with Crippen molar-refractivity contribution < 1.29 is 4.79 Å². The molecule has 1 N–H and O–H groups in total. The molecule has 0 saturated carbocycles. The molecule has 0 aromatic carbocycles. The third-order valence-corrected chi connectivity index (χ3v) is 2.59. The van der Waals surface area contributed by atoms with Gasteiger partial charge in [0, 0.05) is 29.8 Å². The smallest absolute Gasteiger partial charge is 0.222 e. The SMILES string of the molecule is CC(C)C(=O)NCC(C)(C)c1ccccn1. The zero-order chi connectivity index (χ0) is 12.2. The lowest BCUT2D eigenvalue weighted by Gasteiger charge is -2.24. The van der Waals surface area contributed by atoms with E-state index in [1.165, 1.54) is 0 Å². The van der Waals surface area contributed by atoms with Crippen LogP contribution in [0.1, 0.15) is 33.4 Å². The maximum absolute atomic E-state index is 11.5. The molecular formula is C13H20N2O. The van der Waals surface area contributed by atoms with Crippen molar-refractivity contribution in [2.75, 3.05) is 6.54 Å². The van der Waals surface area contributed by atoms with Gasteiger partial charge < -0.3 is 5.32 Å². The van der Waals surface area contributed by atoms with E-state index in [-0.39, 0.29) is 17.2 Å². The van der Waals surface area contributed by atoms with Crippen LogP contribution >= 0.6 is 0 Å². The first kappa shape index (κ1) is 12.7. The zero-order valence-electron chi connectivity index (χ0n) is 10.4. The van der Waals surface area contributed by atoms with Gasteiger partial charge in [0.25, 0.3) is 0 Å². The average Bonchev–Trinajstić information content (AvgIpc) is 2.27. The van der Waals surface area contributed by atoms with Crippen molar-refractivity contribution in [2.24, 2.45) is 5.92 Å². The van der Waals surface area contributed by atoms with Gasteiger partial charge in [-0.2, -0.15) is 0 Å². The minimum atomic E-state index is -0.133. The number of amides is 1. The number of rotatable bonds is 4. The second-order valence-electron chi connectivity index (χ2n) is 4.97. The topological polar surface area (TPSA) is 42.0 Å². The van der Waals surface area contributed by atoms with Gasteiger partial charge in [-0.25, -0.2) is 0 Å². The number of hydrogen-bond donors (Lipinski definition) is 1. The van der Waals surface area contributed by atoms with Crippen LogP contribution in [0.15, 0.2) is 24.4 Å². The number of hydrogen-bond acceptors (Lipinski definition) is 2. The highest BCUT2D eigenvalue weighted by Crippen LogP contribution is 2.19. The molecule has 0 aliphatic carbocycles. The molecule has 0 fully saturated rings. The third-order valence-electron chi connectivity index (χ3n) is 2.59. The summed E-state index contributed by atoms with van der Waals surface area (Å²) < 4.78 is 0. The molecule has 1 aromatic rings. The molecule has 1 aromatic heterocycles. The van der Waals surface area contributed by atoms with Gasteiger partial charge in [-0.15, -0.1) is 0 Å². The lowest BCUT2D eigenvalue weighted by molar-refractivity contribution is -0.124. The molecule has 1 amide bonds. The van der Waals surface area contributed by atoms with Crippen molar-refractivity contribution >= 4 is 5.91 Å². The Bertz CT molecular complexity index is 344. The van der Waals surface area contributed by atoms with Gasteiger partial charge >= 0.3 is 0 Å². The highest BCUT2D eigenvalue weighted by atomic mass is 16.1. The lowest BCUT2D eigenvalue weighted by Crippen LogP contribution is -2.38. The van der Waals surface area contributed by atoms with E-state index in [1.807, 2.05) is 32.0 Å². The van der Waals surface area contributed by atoms with Crippen LogP contribution in [0.2, 0.25) is 0 Å². The van der Waals surface area contributed by atoms with Crippen LogP contribution in [0.25, 0.3) is 0 Å². The molecule has 0 unspecified atom stereocenters. The second kappa shape index (κ2) is 5.10. The summed E-state index contributed by atoms with van der Waals surface area (Å²) in [4.78, 5) is 15.8. The Balaban J connectivity index is 2.63. The summed E-state index contributed by atoms with van der Waals surface area (Å²) in [6.45, 7) is 8.55. The van der Waals surface area contributed by atoms with E-state index in [2.05, 4.69) is 24.1 Å². The maximum Gasteiger partial charge on any atom is 0.222 e. The van der Waals surface area contributed by atoms with Crippen molar-refractivity contribution in [2.45, 2.75) is 33.1 Å². The fourth-order valence-corrected chi connectivity index (χ4v) is 1.37. The number of aromatic nitrogens is 1. The molecule has 0 bridgehead atoms. The largest absolute Gasteiger partial charge is 0.355 e. The summed E-state index contributed by atoms with van der Waals surface area (Å²) in [6, 6.07) is 5.85. The van der Waals surface area contributed by atoms with Crippen molar-refractivity contribution in [1.82, 2.24) is 10.3 Å². The molecule has 0 atom stereocenters. The predicted octanol–water partition coefficient (Wildman–Crippen LogP) is 2.13. The van der Waals surface area contributed by atoms with E-state index in [0.29, 0.717) is 6.54 Å². The summed E-state index contributed by atoms with van der Waals surface area (Å²) >= 11 is 0. The monoisotopic (exact) mass is 220 g/mol. The Kier molecular flexibility index (Phi) is 4.05. The highest BCUT2D eigenvalue weighted by Gasteiger charge is 2.22. The quantitative estimate of drug-likeness (QED) is 0.844. The molecule has 1 heterocycles. The van der Waals surface area contributed by atoms with E-state index in [4.69, 9.17) is 0 Å². The second-order valence-corrected chi connectivity index (χ2v) is 4.97.